The summed E-state index contributed by atoms with van der Waals surface area (Å²) < 4.78 is 18.3. The highest BCUT2D eigenvalue weighted by Gasteiger charge is 2.34. The fourth-order valence-corrected chi connectivity index (χ4v) is 2.27. The zero-order valence-corrected chi connectivity index (χ0v) is 12.7. The van der Waals surface area contributed by atoms with Crippen LogP contribution in [0.3, 0.4) is 0 Å². The molecule has 1 amide bonds. The molecule has 1 saturated carbocycles. The summed E-state index contributed by atoms with van der Waals surface area (Å²) in [5.74, 6) is -1.12. The quantitative estimate of drug-likeness (QED) is 0.772. The molecule has 0 radical (unpaired) electrons. The van der Waals surface area contributed by atoms with Gasteiger partial charge >= 0.3 is 5.97 Å². The molecule has 1 fully saturated rings. The molecule has 0 saturated heterocycles. The van der Waals surface area contributed by atoms with Gasteiger partial charge in [-0.05, 0) is 53.9 Å². The smallest absolute Gasteiger partial charge is 0.325 e. The third-order valence-electron chi connectivity index (χ3n) is 3.02. The van der Waals surface area contributed by atoms with E-state index in [0.29, 0.717) is 5.56 Å². The molecule has 6 heteroatoms. The molecular formula is C14H15BrFNO3. The molecule has 0 aliphatic heterocycles. The summed E-state index contributed by atoms with van der Waals surface area (Å²) >= 11 is 3.05. The van der Waals surface area contributed by atoms with E-state index in [2.05, 4.69) is 15.9 Å². The molecule has 0 spiro atoms. The first-order valence-corrected chi connectivity index (χ1v) is 7.24. The third-order valence-corrected chi connectivity index (χ3v) is 3.63. The van der Waals surface area contributed by atoms with Crippen LogP contribution in [0.4, 0.5) is 4.39 Å². The fraction of sp³-hybridized carbons (Fsp3) is 0.429. The molecule has 20 heavy (non-hydrogen) atoms. The number of carbonyl (C=O) groups excluding carboxylic acids is 2. The van der Waals surface area contributed by atoms with Crippen molar-refractivity contribution in [2.24, 2.45) is 0 Å². The second-order valence-corrected chi connectivity index (χ2v) is 5.45. The van der Waals surface area contributed by atoms with Crippen LogP contribution in [0.5, 0.6) is 0 Å². The van der Waals surface area contributed by atoms with Gasteiger partial charge < -0.3 is 9.64 Å². The van der Waals surface area contributed by atoms with Gasteiger partial charge in [-0.1, -0.05) is 0 Å². The summed E-state index contributed by atoms with van der Waals surface area (Å²) in [7, 11) is 0. The minimum absolute atomic E-state index is 0.0632. The Kier molecular flexibility index (Phi) is 4.75. The number of esters is 1. The molecule has 0 heterocycles. The van der Waals surface area contributed by atoms with Gasteiger partial charge in [0.1, 0.15) is 12.4 Å². The maximum Gasteiger partial charge on any atom is 0.325 e. The molecule has 1 aromatic rings. The van der Waals surface area contributed by atoms with Gasteiger partial charge in [-0.2, -0.15) is 0 Å². The maximum absolute atomic E-state index is 13.2. The third kappa shape index (κ3) is 3.56. The average molecular weight is 344 g/mol. The maximum atomic E-state index is 13.2. The van der Waals surface area contributed by atoms with E-state index in [1.165, 1.54) is 23.1 Å². The molecule has 0 unspecified atom stereocenters. The van der Waals surface area contributed by atoms with Gasteiger partial charge in [0.2, 0.25) is 0 Å². The minimum Gasteiger partial charge on any atom is -0.465 e. The first kappa shape index (κ1) is 15.0. The lowest BCUT2D eigenvalue weighted by Crippen LogP contribution is -2.38. The standard InChI is InChI=1S/C14H15BrFNO3/c1-2-20-13(18)8-17(10-4-5-10)14(19)9-3-6-12(16)11(15)7-9/h3,6-7,10H,2,4-5,8H2,1H3. The second-order valence-electron chi connectivity index (χ2n) is 4.60. The van der Waals surface area contributed by atoms with Crippen LogP contribution in [0, 0.1) is 5.82 Å². The molecule has 1 aromatic carbocycles. The highest BCUT2D eigenvalue weighted by Crippen LogP contribution is 2.29. The van der Waals surface area contributed by atoms with Crippen molar-refractivity contribution in [2.75, 3.05) is 13.2 Å². The van der Waals surface area contributed by atoms with E-state index in [-0.39, 0.29) is 29.6 Å². The Morgan fingerprint density at radius 3 is 2.70 bits per heavy atom. The van der Waals surface area contributed by atoms with Crippen LogP contribution in [0.25, 0.3) is 0 Å². The summed E-state index contributed by atoms with van der Waals surface area (Å²) in [6, 6.07) is 4.16. The Balaban J connectivity index is 2.14. The van der Waals surface area contributed by atoms with Gasteiger partial charge in [0.15, 0.2) is 0 Å². The molecule has 0 aromatic heterocycles. The van der Waals surface area contributed by atoms with Crippen LogP contribution in [0.15, 0.2) is 22.7 Å². The lowest BCUT2D eigenvalue weighted by atomic mass is 10.2. The van der Waals surface area contributed by atoms with Gasteiger partial charge in [0, 0.05) is 11.6 Å². The molecule has 0 atom stereocenters. The highest BCUT2D eigenvalue weighted by atomic mass is 79.9. The molecule has 108 valence electrons. The largest absolute Gasteiger partial charge is 0.465 e. The van der Waals surface area contributed by atoms with Crippen LogP contribution >= 0.6 is 15.9 Å². The number of hydrogen-bond acceptors (Lipinski definition) is 3. The zero-order chi connectivity index (χ0) is 14.7. The number of amides is 1. The van der Waals surface area contributed by atoms with Crippen molar-refractivity contribution in [3.05, 3.63) is 34.1 Å². The normalized spacial score (nSPS) is 13.9. The van der Waals surface area contributed by atoms with Crippen molar-refractivity contribution in [2.45, 2.75) is 25.8 Å². The van der Waals surface area contributed by atoms with E-state index in [4.69, 9.17) is 4.74 Å². The summed E-state index contributed by atoms with van der Waals surface area (Å²) in [6.45, 7) is 1.94. The Hall–Kier alpha value is -1.43. The molecule has 1 aliphatic carbocycles. The van der Waals surface area contributed by atoms with E-state index in [1.807, 2.05) is 0 Å². The molecule has 0 N–H and O–H groups in total. The monoisotopic (exact) mass is 343 g/mol. The summed E-state index contributed by atoms with van der Waals surface area (Å²) in [6.07, 6.45) is 1.76. The SMILES string of the molecule is CCOC(=O)CN(C(=O)c1ccc(F)c(Br)c1)C1CC1. The van der Waals surface area contributed by atoms with Crippen molar-refractivity contribution in [1.29, 1.82) is 0 Å². The van der Waals surface area contributed by atoms with E-state index in [0.717, 1.165) is 12.8 Å². The van der Waals surface area contributed by atoms with Gasteiger partial charge in [0.05, 0.1) is 11.1 Å². The average Bonchev–Trinajstić information content (AvgIpc) is 3.23. The fourth-order valence-electron chi connectivity index (χ4n) is 1.89. The summed E-state index contributed by atoms with van der Waals surface area (Å²) in [4.78, 5) is 25.5. The lowest BCUT2D eigenvalue weighted by Gasteiger charge is -2.21. The molecule has 2 rings (SSSR count). The van der Waals surface area contributed by atoms with Crippen molar-refractivity contribution in [3.8, 4) is 0 Å². The van der Waals surface area contributed by atoms with Crippen molar-refractivity contribution in [1.82, 2.24) is 4.90 Å². The Bertz CT molecular complexity index is 531. The number of ether oxygens (including phenoxy) is 1. The van der Waals surface area contributed by atoms with E-state index >= 15 is 0 Å². The molecular weight excluding hydrogens is 329 g/mol. The van der Waals surface area contributed by atoms with Crippen LogP contribution in [-0.4, -0.2) is 36.0 Å². The number of carbonyl (C=O) groups is 2. The van der Waals surface area contributed by atoms with Crippen molar-refractivity contribution >= 4 is 27.8 Å². The van der Waals surface area contributed by atoms with Crippen molar-refractivity contribution in [3.63, 3.8) is 0 Å². The Labute approximate surface area is 125 Å². The summed E-state index contributed by atoms with van der Waals surface area (Å²) in [5, 5.41) is 0. The number of benzene rings is 1. The number of halogens is 2. The zero-order valence-electron chi connectivity index (χ0n) is 11.1. The predicted octanol–water partition coefficient (Wildman–Crippen LogP) is 2.76. The van der Waals surface area contributed by atoms with Crippen LogP contribution in [0.1, 0.15) is 30.1 Å². The minimum atomic E-state index is -0.426. The number of rotatable bonds is 5. The Morgan fingerprint density at radius 2 is 2.15 bits per heavy atom. The first-order valence-electron chi connectivity index (χ1n) is 6.44. The highest BCUT2D eigenvalue weighted by molar-refractivity contribution is 9.10. The van der Waals surface area contributed by atoms with Crippen LogP contribution < -0.4 is 0 Å². The van der Waals surface area contributed by atoms with Gasteiger partial charge in [-0.15, -0.1) is 0 Å². The van der Waals surface area contributed by atoms with Gasteiger partial charge in [-0.3, -0.25) is 9.59 Å². The van der Waals surface area contributed by atoms with Gasteiger partial charge in [-0.25, -0.2) is 4.39 Å². The Morgan fingerprint density at radius 1 is 1.45 bits per heavy atom. The van der Waals surface area contributed by atoms with Crippen LogP contribution in [-0.2, 0) is 9.53 Å². The number of hydrogen-bond donors (Lipinski definition) is 0. The van der Waals surface area contributed by atoms with Gasteiger partial charge in [0.25, 0.3) is 5.91 Å². The lowest BCUT2D eigenvalue weighted by molar-refractivity contribution is -0.144. The van der Waals surface area contributed by atoms with E-state index in [9.17, 15) is 14.0 Å². The van der Waals surface area contributed by atoms with E-state index in [1.54, 1.807) is 6.92 Å². The van der Waals surface area contributed by atoms with Crippen molar-refractivity contribution < 1.29 is 18.7 Å². The molecule has 1 aliphatic rings. The molecule has 0 bridgehead atoms. The molecule has 4 nitrogen and oxygen atoms in total. The number of nitrogens with zero attached hydrogens (tertiary/aromatic N) is 1. The summed E-state index contributed by atoms with van der Waals surface area (Å²) in [5.41, 5.74) is 0.356. The van der Waals surface area contributed by atoms with Crippen LogP contribution in [0.2, 0.25) is 0 Å². The second kappa shape index (κ2) is 6.35. The predicted molar refractivity (Wildman–Crippen MR) is 74.8 cm³/mol. The first-order chi connectivity index (χ1) is 9.52. The topological polar surface area (TPSA) is 46.6 Å². The van der Waals surface area contributed by atoms with E-state index < -0.39 is 11.8 Å².